The molecule has 0 fully saturated rings. The van der Waals surface area contributed by atoms with E-state index in [1.54, 1.807) is 8.05 Å². The summed E-state index contributed by atoms with van der Waals surface area (Å²) in [6.45, 7) is 4.06. The van der Waals surface area contributed by atoms with Gasteiger partial charge in [0.1, 0.15) is 6.29 Å². The molecule has 1 atom stereocenters. The molecule has 0 aliphatic rings. The normalized spacial score (nSPS) is 13.7. The van der Waals surface area contributed by atoms with Crippen LogP contribution in [0.2, 0.25) is 0 Å². The van der Waals surface area contributed by atoms with E-state index in [2.05, 4.69) is 9.65 Å². The third kappa shape index (κ3) is 4.59. The molecule has 0 saturated carbocycles. The molecule has 0 rings (SSSR count). The van der Waals surface area contributed by atoms with Crippen molar-refractivity contribution in [1.82, 2.24) is 0 Å². The minimum absolute atomic E-state index is 0.0625. The van der Waals surface area contributed by atoms with Gasteiger partial charge < -0.3 is 9.45 Å². The molecule has 0 heterocycles. The summed E-state index contributed by atoms with van der Waals surface area (Å²) in [5.74, 6) is 0.381. The van der Waals surface area contributed by atoms with E-state index < -0.39 is 0 Å². The van der Waals surface area contributed by atoms with Gasteiger partial charge in [0.05, 0.1) is 6.04 Å². The number of nitrogens with zero attached hydrogens (tertiary/aromatic N) is 1. The van der Waals surface area contributed by atoms with E-state index in [1.165, 1.54) is 6.40 Å². The molecule has 0 spiro atoms. The van der Waals surface area contributed by atoms with Crippen LogP contribution in [0.15, 0.2) is 4.99 Å². The van der Waals surface area contributed by atoms with Crippen LogP contribution < -0.4 is 0 Å². The van der Waals surface area contributed by atoms with Gasteiger partial charge in [-0.2, -0.15) is 0 Å². The number of rotatable bonds is 5. The Balaban J connectivity index is 3.88. The molecular weight excluding hydrogens is 141 g/mol. The van der Waals surface area contributed by atoms with Gasteiger partial charge in [-0.05, 0) is 5.92 Å². The lowest BCUT2D eigenvalue weighted by Crippen LogP contribution is -2.13. The molecule has 0 N–H and O–H groups in total. The Hall–Kier alpha value is -0.795. The minimum atomic E-state index is 0.0625. The van der Waals surface area contributed by atoms with Crippen LogP contribution in [0.5, 0.6) is 0 Å². The zero-order valence-electron chi connectivity index (χ0n) is 7.28. The van der Waals surface area contributed by atoms with E-state index in [4.69, 9.17) is 0 Å². The van der Waals surface area contributed by atoms with Crippen LogP contribution in [-0.2, 0) is 9.45 Å². The third-order valence-corrected chi connectivity index (χ3v) is 1.47. The molecule has 0 aliphatic carbocycles. The first kappa shape index (κ1) is 10.2. The van der Waals surface area contributed by atoms with Crippen molar-refractivity contribution < 1.29 is 9.45 Å². The van der Waals surface area contributed by atoms with Gasteiger partial charge in [-0.3, -0.25) is 4.99 Å². The fourth-order valence-corrected chi connectivity index (χ4v) is 0.743. The van der Waals surface area contributed by atoms with Crippen LogP contribution in [0.25, 0.3) is 0 Å². The maximum absolute atomic E-state index is 10.2. The number of hydrogen-bond donors (Lipinski definition) is 0. The number of hydrogen-bond acceptors (Lipinski definition) is 3. The SMILES string of the molecule is BOC=N[C@H](CC=O)C(C)C. The lowest BCUT2D eigenvalue weighted by Gasteiger charge is -2.11. The largest absolute Gasteiger partial charge is 0.560 e. The van der Waals surface area contributed by atoms with Gasteiger partial charge >= 0.3 is 8.05 Å². The highest BCUT2D eigenvalue weighted by Gasteiger charge is 2.09. The highest BCUT2D eigenvalue weighted by atomic mass is 16.4. The summed E-state index contributed by atoms with van der Waals surface area (Å²) in [4.78, 5) is 14.2. The second-order valence-corrected chi connectivity index (χ2v) is 2.70. The van der Waals surface area contributed by atoms with Crippen molar-refractivity contribution in [3.63, 3.8) is 0 Å². The molecule has 11 heavy (non-hydrogen) atoms. The van der Waals surface area contributed by atoms with E-state index >= 15 is 0 Å². The van der Waals surface area contributed by atoms with Crippen molar-refractivity contribution in [1.29, 1.82) is 0 Å². The number of aldehydes is 1. The predicted molar refractivity (Wildman–Crippen MR) is 47.4 cm³/mol. The predicted octanol–water partition coefficient (Wildman–Crippen LogP) is 0.193. The standard InChI is InChI=1S/C7H14BNO2/c1-6(2)7(3-4-10)9-5-11-8/h4-7H,3,8H2,1-2H3/t7-/m1/s1. The van der Waals surface area contributed by atoms with E-state index in [9.17, 15) is 4.79 Å². The zero-order valence-corrected chi connectivity index (χ0v) is 7.28. The molecule has 0 unspecified atom stereocenters. The first-order chi connectivity index (χ1) is 5.22. The lowest BCUT2D eigenvalue weighted by molar-refractivity contribution is -0.108. The van der Waals surface area contributed by atoms with E-state index in [0.717, 1.165) is 6.29 Å². The summed E-state index contributed by atoms with van der Waals surface area (Å²) >= 11 is 0. The Labute approximate surface area is 68.3 Å². The van der Waals surface area contributed by atoms with Crippen molar-refractivity contribution in [3.05, 3.63) is 0 Å². The van der Waals surface area contributed by atoms with Gasteiger partial charge in [-0.15, -0.1) is 0 Å². The summed E-state index contributed by atoms with van der Waals surface area (Å²) < 4.78 is 4.66. The van der Waals surface area contributed by atoms with Gasteiger partial charge in [0.2, 0.25) is 0 Å². The third-order valence-electron chi connectivity index (χ3n) is 1.47. The topological polar surface area (TPSA) is 38.7 Å². The maximum Gasteiger partial charge on any atom is 0.323 e. The van der Waals surface area contributed by atoms with E-state index in [0.29, 0.717) is 12.3 Å². The Kier molecular flexibility index (Phi) is 5.52. The molecule has 0 bridgehead atoms. The average Bonchev–Trinajstić information content (AvgIpc) is 1.97. The molecule has 3 nitrogen and oxygen atoms in total. The highest BCUT2D eigenvalue weighted by molar-refractivity contribution is 6.02. The molecule has 0 aromatic heterocycles. The van der Waals surface area contributed by atoms with Crippen molar-refractivity contribution in [3.8, 4) is 0 Å². The summed E-state index contributed by atoms with van der Waals surface area (Å²) in [5.41, 5.74) is 0. The summed E-state index contributed by atoms with van der Waals surface area (Å²) in [5, 5.41) is 0. The summed E-state index contributed by atoms with van der Waals surface area (Å²) in [6.07, 6.45) is 2.74. The van der Waals surface area contributed by atoms with Crippen molar-refractivity contribution in [2.75, 3.05) is 0 Å². The van der Waals surface area contributed by atoms with E-state index in [1.807, 2.05) is 13.8 Å². The molecule has 62 valence electrons. The number of carbonyl (C=O) groups excluding carboxylic acids is 1. The molecule has 0 saturated heterocycles. The van der Waals surface area contributed by atoms with E-state index in [-0.39, 0.29) is 6.04 Å². The van der Waals surface area contributed by atoms with Gasteiger partial charge in [-0.1, -0.05) is 13.8 Å². The molecule has 0 aromatic rings. The van der Waals surface area contributed by atoms with Gasteiger partial charge in [0.15, 0.2) is 6.40 Å². The molecule has 0 aliphatic heterocycles. The maximum atomic E-state index is 10.2. The second kappa shape index (κ2) is 5.95. The summed E-state index contributed by atoms with van der Waals surface area (Å²) in [6, 6.07) is 0.0625. The Bertz CT molecular complexity index is 136. The lowest BCUT2D eigenvalue weighted by atomic mass is 10.0. The highest BCUT2D eigenvalue weighted by Crippen LogP contribution is 2.08. The van der Waals surface area contributed by atoms with Crippen molar-refractivity contribution >= 4 is 20.7 Å². The van der Waals surface area contributed by atoms with Crippen LogP contribution in [0.1, 0.15) is 20.3 Å². The molecular formula is C7H14BNO2. The first-order valence-electron chi connectivity index (χ1n) is 3.70. The fourth-order valence-electron chi connectivity index (χ4n) is 0.743. The smallest absolute Gasteiger partial charge is 0.323 e. The average molecular weight is 155 g/mol. The Morgan fingerprint density at radius 3 is 2.64 bits per heavy atom. The minimum Gasteiger partial charge on any atom is -0.560 e. The van der Waals surface area contributed by atoms with Crippen LogP contribution in [-0.4, -0.2) is 26.8 Å². The monoisotopic (exact) mass is 155 g/mol. The summed E-state index contributed by atoms with van der Waals surface area (Å²) in [7, 11) is 1.54. The van der Waals surface area contributed by atoms with Crippen molar-refractivity contribution in [2.24, 2.45) is 10.9 Å². The second-order valence-electron chi connectivity index (χ2n) is 2.70. The quantitative estimate of drug-likeness (QED) is 0.246. The Morgan fingerprint density at radius 2 is 2.27 bits per heavy atom. The molecule has 4 heteroatoms. The Morgan fingerprint density at radius 1 is 1.64 bits per heavy atom. The van der Waals surface area contributed by atoms with Crippen molar-refractivity contribution in [2.45, 2.75) is 26.3 Å². The van der Waals surface area contributed by atoms with Crippen LogP contribution in [0.3, 0.4) is 0 Å². The van der Waals surface area contributed by atoms with Crippen LogP contribution in [0.4, 0.5) is 0 Å². The van der Waals surface area contributed by atoms with Crippen LogP contribution in [0, 0.1) is 5.92 Å². The number of aliphatic imine (C=N–C) groups is 1. The van der Waals surface area contributed by atoms with Gasteiger partial charge in [0, 0.05) is 6.42 Å². The van der Waals surface area contributed by atoms with Gasteiger partial charge in [0.25, 0.3) is 0 Å². The molecule has 0 aromatic carbocycles. The molecule has 0 amide bonds. The van der Waals surface area contributed by atoms with Crippen LogP contribution >= 0.6 is 0 Å². The van der Waals surface area contributed by atoms with Gasteiger partial charge in [-0.25, -0.2) is 0 Å². The first-order valence-corrected chi connectivity index (χ1v) is 3.70. The fraction of sp³-hybridized carbons (Fsp3) is 0.714. The molecule has 0 radical (unpaired) electrons. The number of carbonyl (C=O) groups is 1. The zero-order chi connectivity index (χ0) is 8.69.